The van der Waals surface area contributed by atoms with Crippen LogP contribution in [0.25, 0.3) is 0 Å². The van der Waals surface area contributed by atoms with Crippen molar-refractivity contribution in [2.24, 2.45) is 0 Å². The summed E-state index contributed by atoms with van der Waals surface area (Å²) in [5, 5.41) is 19.8. The molecule has 1 atom stereocenters. The Bertz CT molecular complexity index is 460. The van der Waals surface area contributed by atoms with Gasteiger partial charge in [0.25, 0.3) is 5.91 Å². The van der Waals surface area contributed by atoms with E-state index in [1.165, 1.54) is 18.5 Å². The maximum Gasteiger partial charge on any atom is 0.326 e. The van der Waals surface area contributed by atoms with E-state index in [-0.39, 0.29) is 24.8 Å². The van der Waals surface area contributed by atoms with Crippen LogP contribution in [0.5, 0.6) is 0 Å². The number of amides is 1. The highest BCUT2D eigenvalue weighted by atomic mass is 16.4. The van der Waals surface area contributed by atoms with Crippen molar-refractivity contribution in [3.8, 4) is 0 Å². The van der Waals surface area contributed by atoms with E-state index in [1.54, 1.807) is 6.07 Å². The molecule has 0 unspecified atom stereocenters. The van der Waals surface area contributed by atoms with Gasteiger partial charge in [0.05, 0.1) is 5.56 Å². The minimum Gasteiger partial charge on any atom is -0.481 e. The molecule has 7 heteroatoms. The van der Waals surface area contributed by atoms with Crippen LogP contribution in [0.15, 0.2) is 24.5 Å². The summed E-state index contributed by atoms with van der Waals surface area (Å²) in [6.45, 7) is 0. The molecular weight excluding hydrogens is 252 g/mol. The minimum absolute atomic E-state index is 0.0631. The second-order valence-electron chi connectivity index (χ2n) is 3.89. The van der Waals surface area contributed by atoms with Crippen LogP contribution in [0.3, 0.4) is 0 Å². The second-order valence-corrected chi connectivity index (χ2v) is 3.89. The van der Waals surface area contributed by atoms with E-state index in [0.29, 0.717) is 0 Å². The third kappa shape index (κ3) is 5.15. The molecule has 0 saturated heterocycles. The predicted molar refractivity (Wildman–Crippen MR) is 64.6 cm³/mol. The zero-order valence-corrected chi connectivity index (χ0v) is 10.1. The Morgan fingerprint density at radius 3 is 2.58 bits per heavy atom. The summed E-state index contributed by atoms with van der Waals surface area (Å²) in [6.07, 6.45) is 2.93. The van der Waals surface area contributed by atoms with Gasteiger partial charge in [-0.1, -0.05) is 0 Å². The fourth-order valence-corrected chi connectivity index (χ4v) is 1.45. The zero-order valence-electron chi connectivity index (χ0n) is 10.1. The van der Waals surface area contributed by atoms with Crippen LogP contribution >= 0.6 is 0 Å². The summed E-state index contributed by atoms with van der Waals surface area (Å²) < 4.78 is 0. The summed E-state index contributed by atoms with van der Waals surface area (Å²) in [5.41, 5.74) is 0.256. The SMILES string of the molecule is O=C(O)CCC[C@@H](NC(=O)c1cccnc1)C(=O)O. The fraction of sp³-hybridized carbons (Fsp3) is 0.333. The van der Waals surface area contributed by atoms with Gasteiger partial charge in [0.2, 0.25) is 0 Å². The summed E-state index contributed by atoms with van der Waals surface area (Å²) >= 11 is 0. The van der Waals surface area contributed by atoms with Gasteiger partial charge >= 0.3 is 11.9 Å². The van der Waals surface area contributed by atoms with E-state index in [2.05, 4.69) is 10.3 Å². The molecule has 0 aliphatic rings. The maximum atomic E-state index is 11.7. The lowest BCUT2D eigenvalue weighted by Crippen LogP contribution is -2.40. The highest BCUT2D eigenvalue weighted by Gasteiger charge is 2.20. The van der Waals surface area contributed by atoms with Gasteiger partial charge in [0, 0.05) is 18.8 Å². The lowest BCUT2D eigenvalue weighted by Gasteiger charge is -2.13. The second kappa shape index (κ2) is 7.10. The molecule has 0 saturated carbocycles. The van der Waals surface area contributed by atoms with Gasteiger partial charge in [-0.3, -0.25) is 14.6 Å². The number of pyridine rings is 1. The van der Waals surface area contributed by atoms with Crippen LogP contribution in [0.1, 0.15) is 29.6 Å². The van der Waals surface area contributed by atoms with Gasteiger partial charge in [-0.25, -0.2) is 4.79 Å². The minimum atomic E-state index is -1.19. The first kappa shape index (κ1) is 14.6. The molecule has 1 rings (SSSR count). The molecule has 1 aromatic rings. The summed E-state index contributed by atoms with van der Waals surface area (Å²) in [7, 11) is 0. The van der Waals surface area contributed by atoms with Gasteiger partial charge in [0.15, 0.2) is 0 Å². The molecule has 3 N–H and O–H groups in total. The number of carboxylic acids is 2. The molecule has 19 heavy (non-hydrogen) atoms. The molecular formula is C12H14N2O5. The quantitative estimate of drug-likeness (QED) is 0.662. The lowest BCUT2D eigenvalue weighted by atomic mass is 10.1. The zero-order chi connectivity index (χ0) is 14.3. The third-order valence-electron chi connectivity index (χ3n) is 2.41. The molecule has 1 amide bonds. The Labute approximate surface area is 109 Å². The highest BCUT2D eigenvalue weighted by molar-refractivity contribution is 5.96. The third-order valence-corrected chi connectivity index (χ3v) is 2.41. The van der Waals surface area contributed by atoms with Crippen molar-refractivity contribution >= 4 is 17.8 Å². The van der Waals surface area contributed by atoms with E-state index < -0.39 is 23.9 Å². The predicted octanol–water partition coefficient (Wildman–Crippen LogP) is 0.520. The van der Waals surface area contributed by atoms with Crippen molar-refractivity contribution in [3.05, 3.63) is 30.1 Å². The van der Waals surface area contributed by atoms with E-state index in [9.17, 15) is 14.4 Å². The van der Waals surface area contributed by atoms with Gasteiger partial charge in [-0.05, 0) is 25.0 Å². The van der Waals surface area contributed by atoms with Gasteiger partial charge < -0.3 is 15.5 Å². The Morgan fingerprint density at radius 1 is 1.32 bits per heavy atom. The standard InChI is InChI=1S/C12H14N2O5/c15-10(16)5-1-4-9(12(18)19)14-11(17)8-3-2-6-13-7-8/h2-3,6-7,9H,1,4-5H2,(H,14,17)(H,15,16)(H,18,19)/t9-/m1/s1. The molecule has 0 aromatic carbocycles. The molecule has 0 aliphatic heterocycles. The van der Waals surface area contributed by atoms with E-state index >= 15 is 0 Å². The van der Waals surface area contributed by atoms with Gasteiger partial charge in [-0.15, -0.1) is 0 Å². The Morgan fingerprint density at radius 2 is 2.05 bits per heavy atom. The van der Waals surface area contributed by atoms with Crippen LogP contribution in [0.2, 0.25) is 0 Å². The number of carbonyl (C=O) groups is 3. The van der Waals surface area contributed by atoms with Crippen LogP contribution in [0.4, 0.5) is 0 Å². The normalized spacial score (nSPS) is 11.6. The average molecular weight is 266 g/mol. The largest absolute Gasteiger partial charge is 0.481 e. The van der Waals surface area contributed by atoms with E-state index in [4.69, 9.17) is 10.2 Å². The molecule has 7 nitrogen and oxygen atoms in total. The Hall–Kier alpha value is -2.44. The van der Waals surface area contributed by atoms with E-state index in [1.807, 2.05) is 0 Å². The van der Waals surface area contributed by atoms with Gasteiger partial charge in [0.1, 0.15) is 6.04 Å². The first-order chi connectivity index (χ1) is 9.00. The van der Waals surface area contributed by atoms with Crippen LogP contribution in [0, 0.1) is 0 Å². The van der Waals surface area contributed by atoms with Crippen LogP contribution in [-0.2, 0) is 9.59 Å². The first-order valence-corrected chi connectivity index (χ1v) is 5.66. The summed E-state index contributed by atoms with van der Waals surface area (Å²) in [6, 6.07) is 1.97. The van der Waals surface area contributed by atoms with E-state index in [0.717, 1.165) is 0 Å². The van der Waals surface area contributed by atoms with Crippen molar-refractivity contribution in [2.75, 3.05) is 0 Å². The number of nitrogens with zero attached hydrogens (tertiary/aromatic N) is 1. The van der Waals surface area contributed by atoms with Crippen molar-refractivity contribution < 1.29 is 24.6 Å². The van der Waals surface area contributed by atoms with Gasteiger partial charge in [-0.2, -0.15) is 0 Å². The number of hydrogen-bond donors (Lipinski definition) is 3. The molecule has 0 bridgehead atoms. The molecule has 0 spiro atoms. The average Bonchev–Trinajstić information content (AvgIpc) is 2.37. The molecule has 102 valence electrons. The van der Waals surface area contributed by atoms with Crippen LogP contribution in [-0.4, -0.2) is 39.1 Å². The Kier molecular flexibility index (Phi) is 5.46. The summed E-state index contributed by atoms with van der Waals surface area (Å²) in [5.74, 6) is -2.74. The molecule has 1 aromatic heterocycles. The molecule has 0 aliphatic carbocycles. The van der Waals surface area contributed by atoms with Crippen LogP contribution < -0.4 is 5.32 Å². The molecule has 0 radical (unpaired) electrons. The number of hydrogen-bond acceptors (Lipinski definition) is 4. The van der Waals surface area contributed by atoms with Crippen molar-refractivity contribution in [1.82, 2.24) is 10.3 Å². The highest BCUT2D eigenvalue weighted by Crippen LogP contribution is 2.04. The van der Waals surface area contributed by atoms with Crippen molar-refractivity contribution in [3.63, 3.8) is 0 Å². The molecule has 1 heterocycles. The van der Waals surface area contributed by atoms with Crippen molar-refractivity contribution in [1.29, 1.82) is 0 Å². The van der Waals surface area contributed by atoms with Crippen molar-refractivity contribution in [2.45, 2.75) is 25.3 Å². The number of carboxylic acid groups (broad SMARTS) is 2. The number of aromatic nitrogens is 1. The summed E-state index contributed by atoms with van der Waals surface area (Å²) in [4.78, 5) is 36.8. The fourth-order valence-electron chi connectivity index (χ4n) is 1.45. The topological polar surface area (TPSA) is 117 Å². The number of nitrogens with one attached hydrogen (secondary N) is 1. The first-order valence-electron chi connectivity index (χ1n) is 5.66. The number of aliphatic carboxylic acids is 2. The smallest absolute Gasteiger partial charge is 0.326 e. The molecule has 0 fully saturated rings. The number of carbonyl (C=O) groups excluding carboxylic acids is 1. The maximum absolute atomic E-state index is 11.7. The monoisotopic (exact) mass is 266 g/mol. The number of rotatable bonds is 7. The Balaban J connectivity index is 2.56. The lowest BCUT2D eigenvalue weighted by molar-refractivity contribution is -0.140.